The van der Waals surface area contributed by atoms with Crippen molar-refractivity contribution in [3.8, 4) is 0 Å². The maximum Gasteiger partial charge on any atom is 0.319 e. The van der Waals surface area contributed by atoms with E-state index in [-0.39, 0.29) is 28.9 Å². The first-order chi connectivity index (χ1) is 15.1. The van der Waals surface area contributed by atoms with Crippen LogP contribution in [-0.4, -0.2) is 20.0 Å². The molecule has 33 heavy (non-hydrogen) atoms. The summed E-state index contributed by atoms with van der Waals surface area (Å²) < 4.78 is 28.0. The van der Waals surface area contributed by atoms with Crippen molar-refractivity contribution in [2.24, 2.45) is 0 Å². The molecule has 0 spiro atoms. The molecule has 176 valence electrons. The number of carbonyl (C=O) groups is 1. The van der Waals surface area contributed by atoms with Gasteiger partial charge >= 0.3 is 6.03 Å². The largest absolute Gasteiger partial charge is 1.00 e. The van der Waals surface area contributed by atoms with Gasteiger partial charge in [-0.2, -0.15) is 0 Å². The predicted octanol–water partition coefficient (Wildman–Crippen LogP) is 0.376. The number of hydrogen-bond acceptors (Lipinski definition) is 3. The van der Waals surface area contributed by atoms with E-state index in [0.29, 0.717) is 17.9 Å². The monoisotopic (exact) mass is 488 g/mol. The molecule has 0 heterocycles. The summed E-state index contributed by atoms with van der Waals surface area (Å²) in [6, 6.07) is 22.5. The zero-order valence-corrected chi connectivity index (χ0v) is 20.2. The summed E-state index contributed by atoms with van der Waals surface area (Å²) in [6.07, 6.45) is 0.799. The third kappa shape index (κ3) is 8.42. The Kier molecular flexibility index (Phi) is 8.87. The summed E-state index contributed by atoms with van der Waals surface area (Å²) in [6.45, 7) is 4.50. The molecule has 0 saturated heterocycles. The third-order valence-corrected chi connectivity index (χ3v) is 6.00. The van der Waals surface area contributed by atoms with E-state index < -0.39 is 10.0 Å². The van der Waals surface area contributed by atoms with E-state index in [2.05, 4.69) is 34.9 Å². The van der Waals surface area contributed by atoms with Crippen LogP contribution in [0.4, 0.5) is 16.2 Å². The molecule has 0 aliphatic heterocycles. The highest BCUT2D eigenvalue weighted by atomic mass is 35.5. The van der Waals surface area contributed by atoms with Crippen LogP contribution in [0, 0.1) is 0 Å². The van der Waals surface area contributed by atoms with Crippen molar-refractivity contribution in [1.29, 1.82) is 0 Å². The van der Waals surface area contributed by atoms with Gasteiger partial charge in [0.15, 0.2) is 0 Å². The first kappa shape index (κ1) is 26.2. The number of nitrogens with one attached hydrogen (secondary N) is 3. The molecule has 3 aromatic rings. The van der Waals surface area contributed by atoms with Crippen molar-refractivity contribution < 1.29 is 31.4 Å². The lowest BCUT2D eigenvalue weighted by Gasteiger charge is -2.15. The van der Waals surface area contributed by atoms with Gasteiger partial charge in [-0.1, -0.05) is 42.5 Å². The van der Waals surface area contributed by atoms with Crippen LogP contribution in [0.25, 0.3) is 0 Å². The molecule has 0 radical (unpaired) electrons. The van der Waals surface area contributed by atoms with Gasteiger partial charge < -0.3 is 28.8 Å². The van der Waals surface area contributed by atoms with Gasteiger partial charge in [0, 0.05) is 24.3 Å². The molecule has 3 aromatic carbocycles. The number of benzene rings is 3. The maximum atomic E-state index is 12.7. The molecule has 0 aliphatic rings. The van der Waals surface area contributed by atoms with E-state index in [4.69, 9.17) is 0 Å². The Morgan fingerprint density at radius 1 is 0.848 bits per heavy atom. The van der Waals surface area contributed by atoms with Crippen LogP contribution in [-0.2, 0) is 23.0 Å². The van der Waals surface area contributed by atoms with Gasteiger partial charge in [0.25, 0.3) is 10.0 Å². The number of hydrogen-bond donors (Lipinski definition) is 4. The highest BCUT2D eigenvalue weighted by molar-refractivity contribution is 7.92. The summed E-state index contributed by atoms with van der Waals surface area (Å²) in [4.78, 5) is 12.2. The lowest BCUT2D eigenvalue weighted by molar-refractivity contribution is -0.465. The highest BCUT2D eigenvalue weighted by Gasteiger charge is 2.17. The molecule has 7 nitrogen and oxygen atoms in total. The number of rotatable bonds is 8. The van der Waals surface area contributed by atoms with Gasteiger partial charge in [-0.05, 0) is 61.4 Å². The molecular formula is C24H29ClN4O3S. The SMILES string of the molecule is CC(C)([NH3+])Cc1ccc(NS(=O)(=O)c2ccc(NC(=O)NCc3ccccc3)cc2)cc1.[Cl-]. The van der Waals surface area contributed by atoms with Gasteiger partial charge in [0.05, 0.1) is 10.4 Å². The number of anilines is 2. The second kappa shape index (κ2) is 11.2. The fourth-order valence-electron chi connectivity index (χ4n) is 3.13. The van der Waals surface area contributed by atoms with Crippen molar-refractivity contribution in [3.05, 3.63) is 90.0 Å². The average molecular weight is 489 g/mol. The van der Waals surface area contributed by atoms with Crippen molar-refractivity contribution >= 4 is 27.4 Å². The minimum Gasteiger partial charge on any atom is -1.00 e. The second-order valence-electron chi connectivity index (χ2n) is 8.46. The van der Waals surface area contributed by atoms with Gasteiger partial charge in [0.1, 0.15) is 0 Å². The average Bonchev–Trinajstić information content (AvgIpc) is 2.74. The van der Waals surface area contributed by atoms with Crippen LogP contribution in [0.15, 0.2) is 83.8 Å². The van der Waals surface area contributed by atoms with E-state index >= 15 is 0 Å². The Morgan fingerprint density at radius 2 is 1.42 bits per heavy atom. The number of sulfonamides is 1. The van der Waals surface area contributed by atoms with Gasteiger partial charge in [-0.15, -0.1) is 0 Å². The van der Waals surface area contributed by atoms with Crippen LogP contribution in [0.2, 0.25) is 0 Å². The van der Waals surface area contributed by atoms with Crippen molar-refractivity contribution in [2.75, 3.05) is 10.0 Å². The zero-order chi connectivity index (χ0) is 23.2. The second-order valence-corrected chi connectivity index (χ2v) is 10.1. The van der Waals surface area contributed by atoms with E-state index in [1.54, 1.807) is 24.3 Å². The first-order valence-electron chi connectivity index (χ1n) is 10.3. The molecule has 0 aliphatic carbocycles. The number of quaternary nitrogens is 1. The normalized spacial score (nSPS) is 11.2. The standard InChI is InChI=1S/C24H28N4O3S.ClH/c1-24(2,25)16-18-8-10-21(11-9-18)28-32(30,31)22-14-12-20(13-15-22)27-23(29)26-17-19-6-4-3-5-7-19;/h3-15,28H,16-17,25H2,1-2H3,(H2,26,27,29);1H. The van der Waals surface area contributed by atoms with E-state index in [1.807, 2.05) is 42.5 Å². The molecule has 6 N–H and O–H groups in total. The van der Waals surface area contributed by atoms with Gasteiger partial charge in [-0.25, -0.2) is 13.2 Å². The number of carbonyl (C=O) groups excluding carboxylic acids is 1. The Bertz CT molecular complexity index is 1150. The van der Waals surface area contributed by atoms with Crippen molar-refractivity contribution in [2.45, 2.75) is 37.2 Å². The van der Waals surface area contributed by atoms with Crippen LogP contribution >= 0.6 is 0 Å². The Hall–Kier alpha value is -3.07. The van der Waals surface area contributed by atoms with Crippen molar-refractivity contribution in [3.63, 3.8) is 0 Å². The lowest BCUT2D eigenvalue weighted by Crippen LogP contribution is -3.00. The Labute approximate surface area is 201 Å². The molecule has 0 atom stereocenters. The summed E-state index contributed by atoms with van der Waals surface area (Å²) in [5.41, 5.74) is 7.06. The highest BCUT2D eigenvalue weighted by Crippen LogP contribution is 2.19. The van der Waals surface area contributed by atoms with E-state index in [0.717, 1.165) is 17.5 Å². The van der Waals surface area contributed by atoms with Gasteiger partial charge in [0.2, 0.25) is 0 Å². The quantitative estimate of drug-likeness (QED) is 0.367. The molecule has 2 amide bonds. The third-order valence-electron chi connectivity index (χ3n) is 4.61. The molecule has 9 heteroatoms. The molecule has 0 bridgehead atoms. The van der Waals surface area contributed by atoms with Crippen LogP contribution < -0.4 is 33.5 Å². The van der Waals surface area contributed by atoms with Crippen LogP contribution in [0.1, 0.15) is 25.0 Å². The lowest BCUT2D eigenvalue weighted by atomic mass is 9.96. The summed E-state index contributed by atoms with van der Waals surface area (Å²) >= 11 is 0. The molecule has 0 saturated carbocycles. The van der Waals surface area contributed by atoms with Crippen LogP contribution in [0.5, 0.6) is 0 Å². The molecule has 0 aromatic heterocycles. The number of urea groups is 1. The molecular weight excluding hydrogens is 460 g/mol. The minimum atomic E-state index is -3.74. The fraction of sp³-hybridized carbons (Fsp3) is 0.208. The zero-order valence-electron chi connectivity index (χ0n) is 18.6. The number of amides is 2. The van der Waals surface area contributed by atoms with E-state index in [1.165, 1.54) is 12.1 Å². The van der Waals surface area contributed by atoms with Crippen LogP contribution in [0.3, 0.4) is 0 Å². The molecule has 0 fully saturated rings. The Balaban J connectivity index is 0.00000385. The smallest absolute Gasteiger partial charge is 0.319 e. The maximum absolute atomic E-state index is 12.7. The minimum absolute atomic E-state index is 0. The van der Waals surface area contributed by atoms with Crippen molar-refractivity contribution in [1.82, 2.24) is 5.32 Å². The molecule has 3 rings (SSSR count). The predicted molar refractivity (Wildman–Crippen MR) is 127 cm³/mol. The fourth-order valence-corrected chi connectivity index (χ4v) is 4.19. The first-order valence-corrected chi connectivity index (χ1v) is 11.8. The van der Waals surface area contributed by atoms with Gasteiger partial charge in [-0.3, -0.25) is 4.72 Å². The summed E-state index contributed by atoms with van der Waals surface area (Å²) in [5.74, 6) is 0. The summed E-state index contributed by atoms with van der Waals surface area (Å²) in [5, 5.41) is 5.45. The topological polar surface area (TPSA) is 115 Å². The van der Waals surface area contributed by atoms with E-state index in [9.17, 15) is 13.2 Å². The number of halogens is 1. The Morgan fingerprint density at radius 3 is 2.00 bits per heavy atom. The summed E-state index contributed by atoms with van der Waals surface area (Å²) in [7, 11) is -3.74. The molecule has 0 unspecified atom stereocenters.